The van der Waals surface area contributed by atoms with Crippen LogP contribution in [0.3, 0.4) is 0 Å². The van der Waals surface area contributed by atoms with Gasteiger partial charge in [-0.2, -0.15) is 0 Å². The molecule has 0 spiro atoms. The Morgan fingerprint density at radius 2 is 1.96 bits per heavy atom. The Hall–Kier alpha value is -2.82. The summed E-state index contributed by atoms with van der Waals surface area (Å²) in [4.78, 5) is 17.1. The smallest absolute Gasteiger partial charge is 0.259 e. The average molecular weight is 309 g/mol. The third kappa shape index (κ3) is 3.34. The summed E-state index contributed by atoms with van der Waals surface area (Å²) >= 11 is 0. The van der Waals surface area contributed by atoms with Gasteiger partial charge in [-0.25, -0.2) is 0 Å². The first-order valence-corrected chi connectivity index (χ1v) is 7.61. The van der Waals surface area contributed by atoms with Crippen LogP contribution in [0.1, 0.15) is 22.3 Å². The molecule has 0 aromatic heterocycles. The van der Waals surface area contributed by atoms with E-state index in [1.165, 1.54) is 0 Å². The number of benzene rings is 2. The van der Waals surface area contributed by atoms with Gasteiger partial charge in [-0.15, -0.1) is 0 Å². The molecule has 0 atom stereocenters. The predicted octanol–water partition coefficient (Wildman–Crippen LogP) is 2.69. The Morgan fingerprint density at radius 3 is 2.74 bits per heavy atom. The molecule has 0 unspecified atom stereocenters. The number of rotatable bonds is 4. The second-order valence-corrected chi connectivity index (χ2v) is 5.21. The van der Waals surface area contributed by atoms with Gasteiger partial charge in [0.15, 0.2) is 0 Å². The fraction of sp³-hybridized carbons (Fsp3) is 0.222. The van der Waals surface area contributed by atoms with E-state index in [0.29, 0.717) is 11.3 Å². The van der Waals surface area contributed by atoms with E-state index < -0.39 is 0 Å². The highest BCUT2D eigenvalue weighted by atomic mass is 16.5. The normalized spacial score (nSPS) is 13.7. The molecule has 1 aliphatic heterocycles. The lowest BCUT2D eigenvalue weighted by Gasteiger charge is -2.18. The zero-order valence-electron chi connectivity index (χ0n) is 13.0. The van der Waals surface area contributed by atoms with Gasteiger partial charge >= 0.3 is 0 Å². The first kappa shape index (κ1) is 15.1. The van der Waals surface area contributed by atoms with Gasteiger partial charge in [0.1, 0.15) is 11.6 Å². The summed E-state index contributed by atoms with van der Waals surface area (Å²) < 4.78 is 5.25. The standard InChI is InChI=1S/C18H19N3O2/c1-23-16-10-5-3-8-14(16)18(22)21-15-9-4-2-7-13(15)17-19-11-6-12-20-17/h2-5,7-10H,6,11-12H2,1H3,(H,19,20)(H,21,22). The molecular weight excluding hydrogens is 290 g/mol. The second-order valence-electron chi connectivity index (χ2n) is 5.21. The van der Waals surface area contributed by atoms with Crippen molar-refractivity contribution in [1.82, 2.24) is 5.32 Å². The Bertz CT molecular complexity index is 741. The van der Waals surface area contributed by atoms with E-state index >= 15 is 0 Å². The minimum absolute atomic E-state index is 0.202. The number of hydrogen-bond acceptors (Lipinski definition) is 4. The van der Waals surface area contributed by atoms with Crippen molar-refractivity contribution >= 4 is 17.4 Å². The van der Waals surface area contributed by atoms with Gasteiger partial charge < -0.3 is 15.4 Å². The molecule has 0 saturated carbocycles. The summed E-state index contributed by atoms with van der Waals surface area (Å²) in [7, 11) is 1.56. The van der Waals surface area contributed by atoms with Crippen LogP contribution in [0.5, 0.6) is 5.75 Å². The molecule has 5 nitrogen and oxygen atoms in total. The maximum absolute atomic E-state index is 12.6. The average Bonchev–Trinajstić information content (AvgIpc) is 2.63. The van der Waals surface area contributed by atoms with E-state index in [4.69, 9.17) is 4.74 Å². The Labute approximate surface area is 135 Å². The van der Waals surface area contributed by atoms with Crippen molar-refractivity contribution in [2.45, 2.75) is 6.42 Å². The molecule has 118 valence electrons. The molecule has 0 radical (unpaired) electrons. The van der Waals surface area contributed by atoms with Gasteiger partial charge in [0, 0.05) is 18.7 Å². The van der Waals surface area contributed by atoms with Gasteiger partial charge in [-0.1, -0.05) is 24.3 Å². The van der Waals surface area contributed by atoms with Gasteiger partial charge in [-0.3, -0.25) is 9.79 Å². The number of carbonyl (C=O) groups is 1. The highest BCUT2D eigenvalue weighted by Gasteiger charge is 2.16. The van der Waals surface area contributed by atoms with Crippen molar-refractivity contribution in [2.75, 3.05) is 25.5 Å². The van der Waals surface area contributed by atoms with Gasteiger partial charge in [-0.05, 0) is 30.7 Å². The number of nitrogens with zero attached hydrogens (tertiary/aromatic N) is 1. The van der Waals surface area contributed by atoms with Crippen molar-refractivity contribution in [3.63, 3.8) is 0 Å². The maximum Gasteiger partial charge on any atom is 0.259 e. The quantitative estimate of drug-likeness (QED) is 0.913. The number of nitrogens with one attached hydrogen (secondary N) is 2. The summed E-state index contributed by atoms with van der Waals surface area (Å²) in [6.45, 7) is 1.70. The van der Waals surface area contributed by atoms with E-state index in [9.17, 15) is 4.79 Å². The van der Waals surface area contributed by atoms with Crippen LogP contribution in [0.2, 0.25) is 0 Å². The van der Waals surface area contributed by atoms with Gasteiger partial charge in [0.25, 0.3) is 5.91 Å². The van der Waals surface area contributed by atoms with E-state index in [-0.39, 0.29) is 5.91 Å². The second kappa shape index (κ2) is 6.96. The molecule has 2 N–H and O–H groups in total. The summed E-state index contributed by atoms with van der Waals surface area (Å²) in [6, 6.07) is 14.8. The lowest BCUT2D eigenvalue weighted by molar-refractivity contribution is 0.102. The number of amidine groups is 1. The first-order chi connectivity index (χ1) is 11.3. The summed E-state index contributed by atoms with van der Waals surface area (Å²) in [5.74, 6) is 1.18. The molecule has 0 fully saturated rings. The highest BCUT2D eigenvalue weighted by Crippen LogP contribution is 2.21. The van der Waals surface area contributed by atoms with Crippen molar-refractivity contribution in [2.24, 2.45) is 4.99 Å². The van der Waals surface area contributed by atoms with E-state index in [0.717, 1.165) is 36.6 Å². The lowest BCUT2D eigenvalue weighted by atomic mass is 10.1. The summed E-state index contributed by atoms with van der Waals surface area (Å²) in [5.41, 5.74) is 2.13. The van der Waals surface area contributed by atoms with Crippen LogP contribution in [0.4, 0.5) is 5.69 Å². The van der Waals surface area contributed by atoms with Crippen molar-refractivity contribution in [3.8, 4) is 5.75 Å². The number of para-hydroxylation sites is 2. The van der Waals surface area contributed by atoms with Crippen molar-refractivity contribution in [1.29, 1.82) is 0 Å². The number of anilines is 1. The van der Waals surface area contributed by atoms with Crippen molar-refractivity contribution < 1.29 is 9.53 Å². The predicted molar refractivity (Wildman–Crippen MR) is 91.4 cm³/mol. The van der Waals surface area contributed by atoms with Crippen LogP contribution in [-0.4, -0.2) is 31.9 Å². The van der Waals surface area contributed by atoms with Crippen LogP contribution in [0.25, 0.3) is 0 Å². The molecule has 2 aromatic rings. The molecule has 1 amide bonds. The fourth-order valence-corrected chi connectivity index (χ4v) is 2.53. The van der Waals surface area contributed by atoms with Crippen molar-refractivity contribution in [3.05, 3.63) is 59.7 Å². The zero-order chi connectivity index (χ0) is 16.1. The van der Waals surface area contributed by atoms with Crippen LogP contribution in [0.15, 0.2) is 53.5 Å². The molecule has 1 heterocycles. The minimum Gasteiger partial charge on any atom is -0.496 e. The highest BCUT2D eigenvalue weighted by molar-refractivity contribution is 6.11. The first-order valence-electron chi connectivity index (χ1n) is 7.61. The molecular formula is C18H19N3O2. The van der Waals surface area contributed by atoms with E-state index in [1.54, 1.807) is 19.2 Å². The molecule has 1 aliphatic rings. The van der Waals surface area contributed by atoms with E-state index in [1.807, 2.05) is 36.4 Å². The summed E-state index contributed by atoms with van der Waals surface area (Å²) in [6.07, 6.45) is 1.03. The van der Waals surface area contributed by atoms with Gasteiger partial charge in [0.05, 0.1) is 18.4 Å². The number of hydrogen-bond donors (Lipinski definition) is 2. The molecule has 2 aromatic carbocycles. The molecule has 23 heavy (non-hydrogen) atoms. The van der Waals surface area contributed by atoms with Crippen LogP contribution < -0.4 is 15.4 Å². The molecule has 3 rings (SSSR count). The molecule has 0 aliphatic carbocycles. The lowest BCUT2D eigenvalue weighted by Crippen LogP contribution is -2.31. The number of carbonyl (C=O) groups excluding carboxylic acids is 1. The van der Waals surface area contributed by atoms with Gasteiger partial charge in [0.2, 0.25) is 0 Å². The monoisotopic (exact) mass is 309 g/mol. The number of amides is 1. The third-order valence-corrected chi connectivity index (χ3v) is 3.68. The number of aliphatic imine (C=N–C) groups is 1. The Kier molecular flexibility index (Phi) is 4.57. The van der Waals surface area contributed by atoms with Crippen LogP contribution >= 0.6 is 0 Å². The fourth-order valence-electron chi connectivity index (χ4n) is 2.53. The largest absolute Gasteiger partial charge is 0.496 e. The SMILES string of the molecule is COc1ccccc1C(=O)Nc1ccccc1C1=NCCCN1. The Morgan fingerprint density at radius 1 is 1.17 bits per heavy atom. The van der Waals surface area contributed by atoms with Crippen LogP contribution in [-0.2, 0) is 0 Å². The number of methoxy groups -OCH3 is 1. The molecule has 5 heteroatoms. The zero-order valence-corrected chi connectivity index (χ0v) is 13.0. The number of ether oxygens (including phenoxy) is 1. The summed E-state index contributed by atoms with van der Waals surface area (Å²) in [5, 5.41) is 6.24. The van der Waals surface area contributed by atoms with Crippen LogP contribution in [0, 0.1) is 0 Å². The molecule has 0 bridgehead atoms. The topological polar surface area (TPSA) is 62.7 Å². The third-order valence-electron chi connectivity index (χ3n) is 3.68. The Balaban J connectivity index is 1.88. The maximum atomic E-state index is 12.6. The minimum atomic E-state index is -0.202. The van der Waals surface area contributed by atoms with E-state index in [2.05, 4.69) is 15.6 Å². The molecule has 0 saturated heterocycles.